The number of carbonyl (C=O) groups excluding carboxylic acids is 1. The predicted octanol–water partition coefficient (Wildman–Crippen LogP) is 2.36. The van der Waals surface area contributed by atoms with Crippen molar-refractivity contribution in [3.63, 3.8) is 0 Å². The van der Waals surface area contributed by atoms with Crippen LogP contribution in [0, 0.1) is 24.0 Å². The molecule has 10 nitrogen and oxygen atoms in total. The van der Waals surface area contributed by atoms with Crippen molar-refractivity contribution >= 4 is 45.3 Å². The highest BCUT2D eigenvalue weighted by atomic mass is 32.1. The number of alkyl halides is 2. The van der Waals surface area contributed by atoms with Gasteiger partial charge in [-0.3, -0.25) is 10.1 Å². The maximum absolute atomic E-state index is 13.6. The average molecular weight is 575 g/mol. The largest absolute Gasteiger partial charge is 0.484 e. The number of carbonyl (C=O) groups is 1. The van der Waals surface area contributed by atoms with Crippen LogP contribution in [-0.4, -0.2) is 63.9 Å². The molecular weight excluding hydrogens is 550 g/mol. The first-order valence-corrected chi connectivity index (χ1v) is 13.9. The lowest BCUT2D eigenvalue weighted by molar-refractivity contribution is -0.280. The molecule has 1 saturated carbocycles. The third-order valence-electron chi connectivity index (χ3n) is 6.93. The molecule has 1 amide bonds. The number of halogens is 2. The minimum absolute atomic E-state index is 0.0287. The number of amides is 1. The molecule has 0 unspecified atom stereocenters. The highest BCUT2D eigenvalue weighted by Gasteiger charge is 2.34. The first kappa shape index (κ1) is 26.4. The summed E-state index contributed by atoms with van der Waals surface area (Å²) in [6.07, 6.45) is 10.6. The lowest BCUT2D eigenvalue weighted by atomic mass is 9.97. The van der Waals surface area contributed by atoms with Crippen molar-refractivity contribution in [3.8, 4) is 11.8 Å². The number of nitrogens with one attached hydrogen (secondary N) is 1. The molecule has 41 heavy (non-hydrogen) atoms. The van der Waals surface area contributed by atoms with Gasteiger partial charge in [0, 0.05) is 54.4 Å². The molecule has 3 aliphatic rings. The van der Waals surface area contributed by atoms with Crippen molar-refractivity contribution in [2.45, 2.75) is 38.2 Å². The van der Waals surface area contributed by atoms with Crippen LogP contribution in [0.3, 0.4) is 0 Å². The summed E-state index contributed by atoms with van der Waals surface area (Å²) < 4.78 is 38.4. The summed E-state index contributed by atoms with van der Waals surface area (Å²) in [4.78, 5) is 24.1. The number of piperidine rings is 1. The van der Waals surface area contributed by atoms with Crippen molar-refractivity contribution in [1.29, 1.82) is 0 Å². The quantitative estimate of drug-likeness (QED) is 0.341. The molecule has 206 valence electrons. The van der Waals surface area contributed by atoms with E-state index in [0.717, 1.165) is 37.0 Å². The van der Waals surface area contributed by atoms with E-state index in [0.29, 0.717) is 41.4 Å². The molecule has 2 fully saturated rings. The molecule has 1 saturated heterocycles. The van der Waals surface area contributed by atoms with Crippen LogP contribution in [-0.2, 0) is 4.74 Å². The monoisotopic (exact) mass is 574 g/mol. The highest BCUT2D eigenvalue weighted by Crippen LogP contribution is 2.31. The van der Waals surface area contributed by atoms with Gasteiger partial charge >= 0.3 is 23.8 Å². The highest BCUT2D eigenvalue weighted by molar-refractivity contribution is 7.15. The van der Waals surface area contributed by atoms with Gasteiger partial charge in [0.25, 0.3) is 11.7 Å². The molecule has 13 heteroatoms. The van der Waals surface area contributed by atoms with Crippen molar-refractivity contribution in [3.05, 3.63) is 59.0 Å². The standard InChI is InChI=1S/C28H23F2N8O2S/c1-40-23-15-32-22(26(29)30)12-20(23)19-13-24(37-9-6-18(7-10-37)38-11-8-31-16-38)33-14-21(19)27(39)34-28-36-35-25(41-28)5-4-17-2-3-17/h8,11-13,16-18,26H,2-3,6-7,9-10H2,1H3/q+1/p+1. The van der Waals surface area contributed by atoms with E-state index in [-0.39, 0.29) is 22.0 Å². The Hall–Kier alpha value is -4.80. The Morgan fingerprint density at radius 3 is 2.80 bits per heavy atom. The normalized spacial score (nSPS) is 16.8. The predicted molar refractivity (Wildman–Crippen MR) is 148 cm³/mol. The summed E-state index contributed by atoms with van der Waals surface area (Å²) >= 11 is 1.15. The van der Waals surface area contributed by atoms with Crippen LogP contribution in [0.4, 0.5) is 19.7 Å². The molecule has 3 aromatic rings. The van der Waals surface area contributed by atoms with E-state index < -0.39 is 18.0 Å². The number of hydrogen-bond acceptors (Lipinski definition) is 7. The fourth-order valence-corrected chi connectivity index (χ4v) is 5.20. The van der Waals surface area contributed by atoms with Gasteiger partial charge in [-0.2, -0.15) is 13.8 Å². The second-order valence-corrected chi connectivity index (χ2v) is 10.7. The molecule has 1 N–H and O–H groups in total. The third kappa shape index (κ3) is 5.88. The zero-order valence-electron chi connectivity index (χ0n) is 22.0. The van der Waals surface area contributed by atoms with Crippen molar-refractivity contribution in [1.82, 2.24) is 24.4 Å². The molecule has 5 heterocycles. The summed E-state index contributed by atoms with van der Waals surface area (Å²) in [5.74, 6) is 9.12. The van der Waals surface area contributed by atoms with Gasteiger partial charge in [0.2, 0.25) is 11.3 Å². The molecule has 0 radical (unpaired) electrons. The van der Waals surface area contributed by atoms with Gasteiger partial charge in [-0.25, -0.2) is 9.88 Å². The zero-order valence-corrected chi connectivity index (χ0v) is 22.8. The third-order valence-corrected chi connectivity index (χ3v) is 7.69. The Morgan fingerprint density at radius 2 is 2.10 bits per heavy atom. The summed E-state index contributed by atoms with van der Waals surface area (Å²) in [6.45, 7) is 1.40. The van der Waals surface area contributed by atoms with E-state index in [2.05, 4.69) is 63.5 Å². The summed E-state index contributed by atoms with van der Waals surface area (Å²) in [6, 6.07) is 2.01. The second kappa shape index (κ2) is 11.4. The molecule has 0 bridgehead atoms. The van der Waals surface area contributed by atoms with Gasteiger partial charge in [0.1, 0.15) is 5.56 Å². The summed E-state index contributed by atoms with van der Waals surface area (Å²) in [7, 11) is 1.39. The number of ether oxygens (including phenoxy) is 1. The maximum Gasteiger partial charge on any atom is 0.383 e. The number of imidazole rings is 1. The van der Waals surface area contributed by atoms with Gasteiger partial charge in [0.15, 0.2) is 5.01 Å². The summed E-state index contributed by atoms with van der Waals surface area (Å²) in [5, 5.41) is 11.5. The van der Waals surface area contributed by atoms with Gasteiger partial charge in [-0.05, 0) is 23.4 Å². The van der Waals surface area contributed by atoms with Crippen LogP contribution < -0.4 is 19.9 Å². The number of hydrogen-bond donors (Lipinski definition) is 1. The van der Waals surface area contributed by atoms with Crippen LogP contribution in [0.2, 0.25) is 0 Å². The summed E-state index contributed by atoms with van der Waals surface area (Å²) in [5.41, 5.74) is 0.0694. The molecule has 2 aliphatic heterocycles. The molecule has 1 aliphatic carbocycles. The first-order chi connectivity index (χ1) is 20.0. The lowest BCUT2D eigenvalue weighted by Crippen LogP contribution is -2.37. The molecular formula is C28H24F2N8O2S+2. The topological polar surface area (TPSA) is 113 Å². The van der Waals surface area contributed by atoms with Crippen molar-refractivity contribution < 1.29 is 23.3 Å². The van der Waals surface area contributed by atoms with Gasteiger partial charge < -0.3 is 9.30 Å². The Kier molecular flexibility index (Phi) is 7.32. The minimum atomic E-state index is -2.84. The Morgan fingerprint density at radius 1 is 1.27 bits per heavy atom. The molecule has 3 aromatic heterocycles. The van der Waals surface area contributed by atoms with E-state index in [1.165, 1.54) is 13.2 Å². The Labute approximate surface area is 238 Å². The van der Waals surface area contributed by atoms with Crippen LogP contribution in [0.25, 0.3) is 5.57 Å². The molecule has 6 rings (SSSR count). The smallest absolute Gasteiger partial charge is 0.383 e. The number of nitrogens with zero attached hydrogens (tertiary/aromatic N) is 7. The molecule has 0 aromatic carbocycles. The van der Waals surface area contributed by atoms with E-state index in [1.54, 1.807) is 12.3 Å². The van der Waals surface area contributed by atoms with E-state index >= 15 is 0 Å². The first-order valence-electron chi connectivity index (χ1n) is 13.0. The maximum atomic E-state index is 13.6. The van der Waals surface area contributed by atoms with Gasteiger partial charge in [-0.15, -0.1) is 10.2 Å². The van der Waals surface area contributed by atoms with Gasteiger partial charge in [0.05, 0.1) is 32.6 Å². The fraction of sp³-hybridized carbons (Fsp3) is 0.357. The van der Waals surface area contributed by atoms with E-state index in [4.69, 9.17) is 4.74 Å². The number of rotatable bonds is 7. The zero-order chi connectivity index (χ0) is 28.3. The van der Waals surface area contributed by atoms with E-state index in [1.807, 2.05) is 12.5 Å². The van der Waals surface area contributed by atoms with Crippen LogP contribution in [0.1, 0.15) is 52.7 Å². The number of allylic oxidation sites excluding steroid dienone is 2. The van der Waals surface area contributed by atoms with Crippen molar-refractivity contribution in [2.24, 2.45) is 5.92 Å². The van der Waals surface area contributed by atoms with Crippen molar-refractivity contribution in [2.75, 3.05) is 30.4 Å². The molecule has 0 spiro atoms. The van der Waals surface area contributed by atoms with E-state index in [9.17, 15) is 13.6 Å². The number of aromatic nitrogens is 5. The average Bonchev–Trinajstić information content (AvgIpc) is 3.45. The van der Waals surface area contributed by atoms with Gasteiger partial charge in [-0.1, -0.05) is 17.3 Å². The van der Waals surface area contributed by atoms with Crippen LogP contribution >= 0.6 is 11.3 Å². The molecule has 0 atom stereocenters. The Balaban J connectivity index is 1.30. The number of anilines is 2. The second-order valence-electron chi connectivity index (χ2n) is 9.69. The minimum Gasteiger partial charge on any atom is -0.484 e. The lowest BCUT2D eigenvalue weighted by Gasteiger charge is -2.27. The fourth-order valence-electron chi connectivity index (χ4n) is 4.60. The van der Waals surface area contributed by atoms with Crippen LogP contribution in [0.5, 0.6) is 0 Å². The SMILES string of the molecule is COC1=C=[N+]=C(C(F)F)C=C1c1cc(N2CCC(n3ccnc3)CC2)[n+]#cc1C(=O)Nc1nnc(C#CC2CC2)s1. The van der Waals surface area contributed by atoms with Crippen LogP contribution in [0.15, 0.2) is 36.6 Å². The Bertz CT molecular complexity index is 1660. The number of methoxy groups -OCH3 is 1.